The van der Waals surface area contributed by atoms with E-state index in [4.69, 9.17) is 4.74 Å². The fourth-order valence-electron chi connectivity index (χ4n) is 2.92. The Morgan fingerprint density at radius 1 is 1.34 bits per heavy atom. The summed E-state index contributed by atoms with van der Waals surface area (Å²) in [5, 5.41) is 13.0. The van der Waals surface area contributed by atoms with Crippen molar-refractivity contribution >= 4 is 23.8 Å². The number of cyclic esters (lactones) is 1. The molecule has 9 heteroatoms. The minimum Gasteiger partial charge on any atom is -0.442 e. The third-order valence-corrected chi connectivity index (χ3v) is 4.33. The monoisotopic (exact) mass is 399 g/mol. The molecule has 2 aromatic rings. The predicted octanol–water partition coefficient (Wildman–Crippen LogP) is 3.20. The molecule has 3 rings (SSSR count). The van der Waals surface area contributed by atoms with Crippen LogP contribution in [0.2, 0.25) is 0 Å². The van der Waals surface area contributed by atoms with Crippen LogP contribution in [0, 0.1) is 15.9 Å². The Bertz CT molecular complexity index is 975. The maximum Gasteiger partial charge on any atom is 0.414 e. The standard InChI is InChI=1S/C20H18FN3O5/c1-13(25)22-11-17-12-23(20(26)29-17)16-6-7-18(19(21)10-16)15-4-2-14(3-5-15)8-9-24(27)28/h2-10,17H,11-12H2,1H3,(H,22,25)/t17-/m0/s1. The molecule has 0 spiro atoms. The smallest absolute Gasteiger partial charge is 0.414 e. The number of amides is 2. The summed E-state index contributed by atoms with van der Waals surface area (Å²) in [6, 6.07) is 11.0. The first-order chi connectivity index (χ1) is 13.8. The Hall–Kier alpha value is -3.75. The van der Waals surface area contributed by atoms with E-state index in [9.17, 15) is 24.1 Å². The SMILES string of the molecule is CC(=O)NC[C@H]1CN(c2ccc(-c3ccc(C=C[N+](=O)[O-])cc3)c(F)c2)C(=O)O1. The van der Waals surface area contributed by atoms with E-state index < -0.39 is 22.9 Å². The molecule has 0 aromatic heterocycles. The molecular formula is C20H18FN3O5. The Kier molecular flexibility index (Phi) is 5.87. The van der Waals surface area contributed by atoms with E-state index in [0.717, 1.165) is 6.20 Å². The van der Waals surface area contributed by atoms with Crippen LogP contribution in [0.4, 0.5) is 14.9 Å². The zero-order chi connectivity index (χ0) is 21.0. The highest BCUT2D eigenvalue weighted by Crippen LogP contribution is 2.29. The number of anilines is 1. The van der Waals surface area contributed by atoms with Gasteiger partial charge in [-0.1, -0.05) is 24.3 Å². The second kappa shape index (κ2) is 8.51. The van der Waals surface area contributed by atoms with Crippen LogP contribution in [-0.2, 0) is 9.53 Å². The molecule has 1 heterocycles. The van der Waals surface area contributed by atoms with Crippen LogP contribution >= 0.6 is 0 Å². The lowest BCUT2D eigenvalue weighted by Crippen LogP contribution is -2.33. The van der Waals surface area contributed by atoms with Gasteiger partial charge in [0.1, 0.15) is 11.9 Å². The van der Waals surface area contributed by atoms with Gasteiger partial charge in [0.25, 0.3) is 0 Å². The van der Waals surface area contributed by atoms with Crippen LogP contribution in [-0.4, -0.2) is 36.1 Å². The fraction of sp³-hybridized carbons (Fsp3) is 0.200. The number of ether oxygens (including phenoxy) is 1. The van der Waals surface area contributed by atoms with Crippen LogP contribution < -0.4 is 10.2 Å². The van der Waals surface area contributed by atoms with Gasteiger partial charge in [-0.2, -0.15) is 0 Å². The molecule has 0 aliphatic carbocycles. The number of hydrogen-bond acceptors (Lipinski definition) is 5. The molecule has 0 bridgehead atoms. The first-order valence-corrected chi connectivity index (χ1v) is 8.78. The highest BCUT2D eigenvalue weighted by molar-refractivity contribution is 5.90. The van der Waals surface area contributed by atoms with E-state index in [1.165, 1.54) is 24.0 Å². The summed E-state index contributed by atoms with van der Waals surface area (Å²) in [7, 11) is 0. The Morgan fingerprint density at radius 2 is 2.07 bits per heavy atom. The van der Waals surface area contributed by atoms with E-state index in [0.29, 0.717) is 22.4 Å². The summed E-state index contributed by atoms with van der Waals surface area (Å²) in [4.78, 5) is 34.2. The molecule has 1 fully saturated rings. The molecule has 1 saturated heterocycles. The average Bonchev–Trinajstić information content (AvgIpc) is 3.06. The number of hydrogen-bond donors (Lipinski definition) is 1. The van der Waals surface area contributed by atoms with Gasteiger partial charge < -0.3 is 10.1 Å². The van der Waals surface area contributed by atoms with Crippen molar-refractivity contribution in [3.8, 4) is 11.1 Å². The molecule has 8 nitrogen and oxygen atoms in total. The quantitative estimate of drug-likeness (QED) is 0.594. The third-order valence-electron chi connectivity index (χ3n) is 4.33. The van der Waals surface area contributed by atoms with Crippen molar-refractivity contribution in [1.29, 1.82) is 0 Å². The highest BCUT2D eigenvalue weighted by atomic mass is 19.1. The summed E-state index contributed by atoms with van der Waals surface area (Å²) in [6.07, 6.45) is 1.07. The Morgan fingerprint density at radius 3 is 2.69 bits per heavy atom. The van der Waals surface area contributed by atoms with Crippen molar-refractivity contribution in [3.05, 3.63) is 70.2 Å². The van der Waals surface area contributed by atoms with Crippen molar-refractivity contribution < 1.29 is 23.6 Å². The normalized spacial score (nSPS) is 16.1. The zero-order valence-electron chi connectivity index (χ0n) is 15.5. The van der Waals surface area contributed by atoms with Gasteiger partial charge in [0.15, 0.2) is 0 Å². The lowest BCUT2D eigenvalue weighted by atomic mass is 10.0. The molecule has 1 atom stereocenters. The fourth-order valence-corrected chi connectivity index (χ4v) is 2.92. The number of rotatable bonds is 6. The molecule has 1 aliphatic rings. The lowest BCUT2D eigenvalue weighted by Gasteiger charge is -2.14. The maximum atomic E-state index is 14.7. The van der Waals surface area contributed by atoms with Gasteiger partial charge in [-0.25, -0.2) is 9.18 Å². The maximum absolute atomic E-state index is 14.7. The third kappa shape index (κ3) is 4.95. The summed E-state index contributed by atoms with van der Waals surface area (Å²) in [5.41, 5.74) is 1.90. The molecule has 150 valence electrons. The summed E-state index contributed by atoms with van der Waals surface area (Å²) < 4.78 is 19.9. The number of nitrogens with one attached hydrogen (secondary N) is 1. The first-order valence-electron chi connectivity index (χ1n) is 8.78. The van der Waals surface area contributed by atoms with Crippen molar-refractivity contribution in [1.82, 2.24) is 5.32 Å². The number of carbonyl (C=O) groups excluding carboxylic acids is 2. The van der Waals surface area contributed by atoms with Crippen LogP contribution in [0.15, 0.2) is 48.7 Å². The number of nitrogens with zero attached hydrogens (tertiary/aromatic N) is 2. The second-order valence-corrected chi connectivity index (χ2v) is 6.44. The van der Waals surface area contributed by atoms with Crippen molar-refractivity contribution in [3.63, 3.8) is 0 Å². The van der Waals surface area contributed by atoms with Crippen LogP contribution in [0.1, 0.15) is 12.5 Å². The summed E-state index contributed by atoms with van der Waals surface area (Å²) in [6.45, 7) is 1.76. The number of benzene rings is 2. The molecule has 2 amide bonds. The number of nitro groups is 1. The summed E-state index contributed by atoms with van der Waals surface area (Å²) >= 11 is 0. The van der Waals surface area contributed by atoms with E-state index in [2.05, 4.69) is 5.32 Å². The molecule has 1 aliphatic heterocycles. The van der Waals surface area contributed by atoms with Gasteiger partial charge in [0.05, 0.1) is 23.7 Å². The van der Waals surface area contributed by atoms with E-state index >= 15 is 0 Å². The van der Waals surface area contributed by atoms with Crippen LogP contribution in [0.3, 0.4) is 0 Å². The van der Waals surface area contributed by atoms with E-state index in [-0.39, 0.29) is 19.0 Å². The van der Waals surface area contributed by atoms with Crippen molar-refractivity contribution in [2.24, 2.45) is 0 Å². The van der Waals surface area contributed by atoms with E-state index in [1.54, 1.807) is 36.4 Å². The summed E-state index contributed by atoms with van der Waals surface area (Å²) in [5.74, 6) is -0.746. The van der Waals surface area contributed by atoms with Crippen LogP contribution in [0.25, 0.3) is 17.2 Å². The van der Waals surface area contributed by atoms with Crippen molar-refractivity contribution in [2.45, 2.75) is 13.0 Å². The molecule has 2 aromatic carbocycles. The molecule has 0 radical (unpaired) electrons. The highest BCUT2D eigenvalue weighted by Gasteiger charge is 2.32. The van der Waals surface area contributed by atoms with Gasteiger partial charge in [-0.3, -0.25) is 19.8 Å². The lowest BCUT2D eigenvalue weighted by molar-refractivity contribution is -0.400. The minimum absolute atomic E-state index is 0.190. The van der Waals surface area contributed by atoms with Crippen molar-refractivity contribution in [2.75, 3.05) is 18.0 Å². The predicted molar refractivity (Wildman–Crippen MR) is 104 cm³/mol. The topological polar surface area (TPSA) is 102 Å². The molecular weight excluding hydrogens is 381 g/mol. The average molecular weight is 399 g/mol. The molecule has 0 unspecified atom stereocenters. The van der Waals surface area contributed by atoms with Gasteiger partial charge in [0, 0.05) is 18.6 Å². The van der Waals surface area contributed by atoms with E-state index in [1.807, 2.05) is 0 Å². The minimum atomic E-state index is -0.602. The largest absolute Gasteiger partial charge is 0.442 e. The molecule has 1 N–H and O–H groups in total. The molecule has 29 heavy (non-hydrogen) atoms. The second-order valence-electron chi connectivity index (χ2n) is 6.44. The number of carbonyl (C=O) groups is 2. The molecule has 0 saturated carbocycles. The zero-order valence-corrected chi connectivity index (χ0v) is 15.5. The number of halogens is 1. The Balaban J connectivity index is 1.74. The first kappa shape index (κ1) is 20.0. The van der Waals surface area contributed by atoms with Crippen LogP contribution in [0.5, 0.6) is 0 Å². The van der Waals surface area contributed by atoms with Gasteiger partial charge in [0.2, 0.25) is 12.1 Å². The van der Waals surface area contributed by atoms with Gasteiger partial charge >= 0.3 is 6.09 Å². The van der Waals surface area contributed by atoms with Gasteiger partial charge in [-0.15, -0.1) is 0 Å². The van der Waals surface area contributed by atoms with Gasteiger partial charge in [-0.05, 0) is 29.3 Å². The Labute approximate surface area is 165 Å².